The van der Waals surface area contributed by atoms with Gasteiger partial charge in [-0.15, -0.1) is 0 Å². The molecular formula is C18H25N3OSi. The second-order valence-electron chi connectivity index (χ2n) is 6.63. The van der Waals surface area contributed by atoms with Crippen molar-refractivity contribution < 1.29 is 4.43 Å². The molecule has 0 saturated heterocycles. The van der Waals surface area contributed by atoms with Gasteiger partial charge in [-0.2, -0.15) is 0 Å². The predicted molar refractivity (Wildman–Crippen MR) is 97.8 cm³/mol. The predicted octanol–water partition coefficient (Wildman–Crippen LogP) is 4.57. The largest absolute Gasteiger partial charge is 0.544 e. The molecule has 2 aromatic rings. The van der Waals surface area contributed by atoms with E-state index in [4.69, 9.17) is 9.42 Å². The monoisotopic (exact) mass is 327 g/mol. The molecule has 0 aliphatic rings. The quantitative estimate of drug-likeness (QED) is 0.597. The van der Waals surface area contributed by atoms with Gasteiger partial charge in [-0.25, -0.2) is 0 Å². The Labute approximate surface area is 139 Å². The van der Waals surface area contributed by atoms with Crippen LogP contribution in [0.5, 0.6) is 5.75 Å². The molecule has 5 heteroatoms. The van der Waals surface area contributed by atoms with Crippen LogP contribution in [0, 0.1) is 6.92 Å². The fraction of sp³-hybridized carbons (Fsp3) is 0.389. The SMILES string of the molecule is CC(=NC(C)c1ccccc1O[Si](C)(C)C)c1nccnc1C. The summed E-state index contributed by atoms with van der Waals surface area (Å²) in [6.45, 7) is 12.6. The summed E-state index contributed by atoms with van der Waals surface area (Å²) in [5.74, 6) is 0.937. The number of para-hydroxylation sites is 1. The topological polar surface area (TPSA) is 47.4 Å². The van der Waals surface area contributed by atoms with Crippen LogP contribution >= 0.6 is 0 Å². The molecule has 0 spiro atoms. The summed E-state index contributed by atoms with van der Waals surface area (Å²) in [6.07, 6.45) is 3.40. The molecule has 0 saturated carbocycles. The van der Waals surface area contributed by atoms with Crippen LogP contribution in [0.25, 0.3) is 0 Å². The van der Waals surface area contributed by atoms with E-state index in [0.29, 0.717) is 0 Å². The van der Waals surface area contributed by atoms with Crippen LogP contribution < -0.4 is 4.43 Å². The Hall–Kier alpha value is -2.01. The third-order valence-corrected chi connectivity index (χ3v) is 4.23. The number of nitrogens with zero attached hydrogens (tertiary/aromatic N) is 3. The minimum atomic E-state index is -1.66. The summed E-state index contributed by atoms with van der Waals surface area (Å²) < 4.78 is 6.21. The maximum absolute atomic E-state index is 6.21. The van der Waals surface area contributed by atoms with Crippen molar-refractivity contribution in [3.8, 4) is 5.75 Å². The molecule has 1 aromatic carbocycles. The van der Waals surface area contributed by atoms with Gasteiger partial charge in [0.2, 0.25) is 8.32 Å². The smallest absolute Gasteiger partial charge is 0.242 e. The Morgan fingerprint density at radius 3 is 2.43 bits per heavy atom. The second kappa shape index (κ2) is 7.04. The van der Waals surface area contributed by atoms with Gasteiger partial charge < -0.3 is 4.43 Å². The molecule has 1 aromatic heterocycles. The molecule has 4 nitrogen and oxygen atoms in total. The van der Waals surface area contributed by atoms with Crippen molar-refractivity contribution in [3.63, 3.8) is 0 Å². The van der Waals surface area contributed by atoms with E-state index in [2.05, 4.69) is 42.6 Å². The highest BCUT2D eigenvalue weighted by Gasteiger charge is 2.20. The maximum atomic E-state index is 6.21. The van der Waals surface area contributed by atoms with Crippen molar-refractivity contribution in [2.75, 3.05) is 0 Å². The standard InChI is InChI=1S/C18H25N3OSi/c1-13(21-15(3)18-14(2)19-11-12-20-18)16-9-7-8-10-17(16)22-23(4,5)6/h7-13H,1-6H3. The van der Waals surface area contributed by atoms with E-state index in [-0.39, 0.29) is 6.04 Å². The summed E-state index contributed by atoms with van der Waals surface area (Å²) in [5, 5.41) is 0. The van der Waals surface area contributed by atoms with Gasteiger partial charge in [-0.3, -0.25) is 15.0 Å². The number of hydrogen-bond donors (Lipinski definition) is 0. The number of rotatable bonds is 5. The molecular weight excluding hydrogens is 302 g/mol. The van der Waals surface area contributed by atoms with E-state index in [0.717, 1.165) is 28.4 Å². The molecule has 1 unspecified atom stereocenters. The first-order valence-electron chi connectivity index (χ1n) is 7.88. The summed E-state index contributed by atoms with van der Waals surface area (Å²) >= 11 is 0. The first-order valence-corrected chi connectivity index (χ1v) is 11.3. The summed E-state index contributed by atoms with van der Waals surface area (Å²) in [7, 11) is -1.66. The second-order valence-corrected chi connectivity index (χ2v) is 11.1. The number of hydrogen-bond acceptors (Lipinski definition) is 4. The minimum absolute atomic E-state index is 0.00366. The molecule has 1 atom stereocenters. The van der Waals surface area contributed by atoms with Crippen LogP contribution in [0.15, 0.2) is 41.7 Å². The van der Waals surface area contributed by atoms with E-state index >= 15 is 0 Å². The van der Waals surface area contributed by atoms with Gasteiger partial charge in [0.1, 0.15) is 11.4 Å². The third kappa shape index (κ3) is 4.73. The van der Waals surface area contributed by atoms with Crippen LogP contribution in [0.2, 0.25) is 19.6 Å². The van der Waals surface area contributed by atoms with Crippen LogP contribution in [0.3, 0.4) is 0 Å². The van der Waals surface area contributed by atoms with Gasteiger partial charge in [0.15, 0.2) is 0 Å². The molecule has 0 aliphatic heterocycles. The Morgan fingerprint density at radius 2 is 1.78 bits per heavy atom. The van der Waals surface area contributed by atoms with Gasteiger partial charge in [0, 0.05) is 18.0 Å². The van der Waals surface area contributed by atoms with Crippen molar-refractivity contribution in [3.05, 3.63) is 53.6 Å². The van der Waals surface area contributed by atoms with Gasteiger partial charge in [0.05, 0.1) is 17.4 Å². The Bertz CT molecular complexity index is 707. The molecule has 0 fully saturated rings. The van der Waals surface area contributed by atoms with E-state index in [1.807, 2.05) is 32.0 Å². The summed E-state index contributed by atoms with van der Waals surface area (Å²) in [4.78, 5) is 13.5. The zero-order valence-electron chi connectivity index (χ0n) is 14.8. The molecule has 0 aliphatic carbocycles. The molecule has 2 rings (SSSR count). The summed E-state index contributed by atoms with van der Waals surface area (Å²) in [6, 6.07) is 8.16. The van der Waals surface area contributed by atoms with E-state index in [1.54, 1.807) is 12.4 Å². The lowest BCUT2D eigenvalue weighted by Crippen LogP contribution is -2.29. The highest BCUT2D eigenvalue weighted by molar-refractivity contribution is 6.70. The van der Waals surface area contributed by atoms with Crippen LogP contribution in [0.4, 0.5) is 0 Å². The first kappa shape index (κ1) is 17.3. The van der Waals surface area contributed by atoms with Gasteiger partial charge >= 0.3 is 0 Å². The molecule has 122 valence electrons. The third-order valence-electron chi connectivity index (χ3n) is 3.40. The minimum Gasteiger partial charge on any atom is -0.544 e. The van der Waals surface area contributed by atoms with Crippen molar-refractivity contribution in [2.45, 2.75) is 46.5 Å². The van der Waals surface area contributed by atoms with E-state index in [9.17, 15) is 0 Å². The number of benzene rings is 1. The van der Waals surface area contributed by atoms with Gasteiger partial charge in [0.25, 0.3) is 0 Å². The molecule has 0 radical (unpaired) electrons. The number of aromatic nitrogens is 2. The lowest BCUT2D eigenvalue weighted by Gasteiger charge is -2.23. The molecule has 23 heavy (non-hydrogen) atoms. The van der Waals surface area contributed by atoms with Crippen molar-refractivity contribution in [1.29, 1.82) is 0 Å². The van der Waals surface area contributed by atoms with E-state index < -0.39 is 8.32 Å². The highest BCUT2D eigenvalue weighted by Crippen LogP contribution is 2.29. The summed E-state index contributed by atoms with van der Waals surface area (Å²) in [5.41, 5.74) is 3.75. The zero-order chi connectivity index (χ0) is 17.0. The van der Waals surface area contributed by atoms with Crippen molar-refractivity contribution >= 4 is 14.0 Å². The molecule has 0 N–H and O–H groups in total. The number of aliphatic imine (C=N–C) groups is 1. The normalized spacial score (nSPS) is 13.7. The van der Waals surface area contributed by atoms with E-state index in [1.165, 1.54) is 0 Å². The molecule has 0 bridgehead atoms. The Balaban J connectivity index is 2.32. The average Bonchev–Trinajstić information content (AvgIpc) is 2.46. The van der Waals surface area contributed by atoms with Crippen LogP contribution in [-0.4, -0.2) is 24.0 Å². The highest BCUT2D eigenvalue weighted by atomic mass is 28.4. The fourth-order valence-corrected chi connectivity index (χ4v) is 3.28. The zero-order valence-corrected chi connectivity index (χ0v) is 15.8. The van der Waals surface area contributed by atoms with Crippen molar-refractivity contribution in [1.82, 2.24) is 9.97 Å². The van der Waals surface area contributed by atoms with Crippen molar-refractivity contribution in [2.24, 2.45) is 4.99 Å². The Kier molecular flexibility index (Phi) is 5.31. The maximum Gasteiger partial charge on any atom is 0.242 e. The Morgan fingerprint density at radius 1 is 1.13 bits per heavy atom. The molecule has 1 heterocycles. The van der Waals surface area contributed by atoms with Crippen LogP contribution in [-0.2, 0) is 0 Å². The average molecular weight is 328 g/mol. The fourth-order valence-electron chi connectivity index (χ4n) is 2.43. The molecule has 0 amide bonds. The van der Waals surface area contributed by atoms with Gasteiger partial charge in [-0.1, -0.05) is 18.2 Å². The lowest BCUT2D eigenvalue weighted by atomic mass is 10.1. The van der Waals surface area contributed by atoms with Crippen LogP contribution in [0.1, 0.15) is 36.8 Å². The lowest BCUT2D eigenvalue weighted by molar-refractivity contribution is 0.542. The first-order chi connectivity index (χ1) is 10.8. The van der Waals surface area contributed by atoms with Gasteiger partial charge in [-0.05, 0) is 46.5 Å². The number of aryl methyl sites for hydroxylation is 1.